The molecule has 1 unspecified atom stereocenters. The maximum absolute atomic E-state index is 15.3. The minimum Gasteiger partial charge on any atom is -0.380 e. The smallest absolute Gasteiger partial charge is 0.323 e. The van der Waals surface area contributed by atoms with Gasteiger partial charge in [0, 0.05) is 38.7 Å². The zero-order valence-corrected chi connectivity index (χ0v) is 25.7. The monoisotopic (exact) mass is 644 g/mol. The first-order valence-electron chi connectivity index (χ1n) is 14.3. The zero-order valence-electron chi connectivity index (χ0n) is 24.0. The Morgan fingerprint density at radius 3 is 2.55 bits per heavy atom. The van der Waals surface area contributed by atoms with Crippen molar-refractivity contribution in [2.45, 2.75) is 49.8 Å². The van der Waals surface area contributed by atoms with E-state index in [2.05, 4.69) is 25.9 Å². The van der Waals surface area contributed by atoms with Crippen LogP contribution in [0.4, 0.5) is 20.7 Å². The van der Waals surface area contributed by atoms with Crippen LogP contribution in [0.1, 0.15) is 43.2 Å². The largest absolute Gasteiger partial charge is 0.380 e. The van der Waals surface area contributed by atoms with Crippen LogP contribution in [0.25, 0.3) is 0 Å². The normalized spacial score (nSPS) is 19.5. The molecule has 0 spiro atoms. The summed E-state index contributed by atoms with van der Waals surface area (Å²) >= 11 is 5.89. The Morgan fingerprint density at radius 1 is 1.11 bits per heavy atom. The molecule has 1 aliphatic carbocycles. The van der Waals surface area contributed by atoms with E-state index in [1.165, 1.54) is 36.4 Å². The number of likely N-dealkylation sites (tertiary alicyclic amines) is 1. The Morgan fingerprint density at radius 2 is 1.89 bits per heavy atom. The first-order valence-corrected chi connectivity index (χ1v) is 16.0. The predicted octanol–water partition coefficient (Wildman–Crippen LogP) is 4.12. The van der Waals surface area contributed by atoms with Crippen molar-refractivity contribution in [2.24, 2.45) is 5.92 Å². The van der Waals surface area contributed by atoms with Crippen molar-refractivity contribution in [3.63, 3.8) is 0 Å². The third kappa shape index (κ3) is 7.52. The summed E-state index contributed by atoms with van der Waals surface area (Å²) in [5.74, 6) is -0.776. The van der Waals surface area contributed by atoms with Crippen molar-refractivity contribution in [3.8, 4) is 0 Å². The minimum absolute atomic E-state index is 0.0914. The van der Waals surface area contributed by atoms with Gasteiger partial charge in [0.25, 0.3) is 0 Å². The fourth-order valence-electron chi connectivity index (χ4n) is 5.59. The molecule has 3 amide bonds. The second kappa shape index (κ2) is 14.0. The fraction of sp³-hybridized carbons (Fsp3) is 0.400. The summed E-state index contributed by atoms with van der Waals surface area (Å²) < 4.78 is 44.2. The van der Waals surface area contributed by atoms with Crippen molar-refractivity contribution >= 4 is 45.7 Å². The van der Waals surface area contributed by atoms with Gasteiger partial charge in [-0.05, 0) is 66.3 Å². The predicted molar refractivity (Wildman–Crippen MR) is 164 cm³/mol. The minimum atomic E-state index is -2.76. The standard InChI is InChI=1S/C30H34ClFN6O5S/c1-43-23-15-26(38(17-23)29(40)37-27-7-5-22(31)16-34-27)28(39)36-25-14-21(4-6-24(25)32)30(35-18-44(41)42,11-8-19-2-3-19)20-9-12-33-13-10-20/h4-7,9-10,12-14,16,19,23,26,35,44H,2-3,8,11,15,17-18H2,1H3,(H,36,39)(H,34,37,40)/t23-,26-,30?/m1/s1. The maximum atomic E-state index is 15.3. The molecule has 14 heteroatoms. The molecule has 44 heavy (non-hydrogen) atoms. The summed E-state index contributed by atoms with van der Waals surface area (Å²) in [7, 11) is -1.27. The van der Waals surface area contributed by atoms with Crippen LogP contribution in [0.5, 0.6) is 0 Å². The van der Waals surface area contributed by atoms with Crippen LogP contribution in [-0.2, 0) is 25.8 Å². The molecule has 3 heterocycles. The van der Waals surface area contributed by atoms with E-state index in [-0.39, 0.29) is 30.3 Å². The number of benzene rings is 1. The topological polar surface area (TPSA) is 143 Å². The van der Waals surface area contributed by atoms with E-state index < -0.39 is 46.1 Å². The van der Waals surface area contributed by atoms with E-state index in [0.717, 1.165) is 24.8 Å². The summed E-state index contributed by atoms with van der Waals surface area (Å²) in [6, 6.07) is 9.56. The number of carbonyl (C=O) groups excluding carboxylic acids is 2. The molecule has 1 aliphatic heterocycles. The lowest BCUT2D eigenvalue weighted by Gasteiger charge is -2.36. The molecule has 0 radical (unpaired) electrons. The molecular weight excluding hydrogens is 611 g/mol. The molecule has 2 aromatic heterocycles. The number of urea groups is 1. The number of rotatable bonds is 12. The van der Waals surface area contributed by atoms with E-state index in [4.69, 9.17) is 16.3 Å². The fourth-order valence-corrected chi connectivity index (χ4v) is 6.10. The van der Waals surface area contributed by atoms with Gasteiger partial charge in [0.05, 0.1) is 28.2 Å². The molecule has 2 fully saturated rings. The number of thiol groups is 1. The van der Waals surface area contributed by atoms with Gasteiger partial charge < -0.3 is 15.0 Å². The van der Waals surface area contributed by atoms with Crippen molar-refractivity contribution in [1.29, 1.82) is 0 Å². The summed E-state index contributed by atoms with van der Waals surface area (Å²) in [6.07, 6.45) is 8.02. The second-order valence-corrected chi connectivity index (χ2v) is 12.4. The Kier molecular flexibility index (Phi) is 10.1. The number of methoxy groups -OCH3 is 1. The molecule has 1 saturated carbocycles. The number of nitrogens with zero attached hydrogens (tertiary/aromatic N) is 3. The van der Waals surface area contributed by atoms with Crippen LogP contribution < -0.4 is 16.0 Å². The van der Waals surface area contributed by atoms with Gasteiger partial charge in [-0.1, -0.05) is 30.5 Å². The van der Waals surface area contributed by atoms with E-state index in [1.807, 2.05) is 0 Å². The molecule has 1 saturated heterocycles. The summed E-state index contributed by atoms with van der Waals surface area (Å²) in [5.41, 5.74) is 0.278. The SMILES string of the molecule is CO[C@@H]1C[C@H](C(=O)Nc2cc(C(CCC3CC3)(NC[SH](=O)=O)c3ccncc3)ccc2F)N(C(=O)Nc2ccc(Cl)cn2)C1. The second-order valence-electron chi connectivity index (χ2n) is 11.0. The molecule has 5 rings (SSSR count). The molecule has 3 N–H and O–H groups in total. The number of nitrogens with one attached hydrogen (secondary N) is 3. The van der Waals surface area contributed by atoms with E-state index in [1.54, 1.807) is 36.7 Å². The highest BCUT2D eigenvalue weighted by atomic mass is 35.5. The van der Waals surface area contributed by atoms with Crippen LogP contribution >= 0.6 is 11.6 Å². The van der Waals surface area contributed by atoms with Gasteiger partial charge in [0.15, 0.2) is 10.7 Å². The highest BCUT2D eigenvalue weighted by Gasteiger charge is 2.41. The number of pyridine rings is 2. The Bertz CT molecular complexity index is 1550. The number of amides is 3. The third-order valence-corrected chi connectivity index (χ3v) is 8.79. The number of hydrogen-bond acceptors (Lipinski definition) is 8. The van der Waals surface area contributed by atoms with Crippen molar-refractivity contribution in [1.82, 2.24) is 20.2 Å². The van der Waals surface area contributed by atoms with Crippen LogP contribution in [0.15, 0.2) is 61.1 Å². The maximum Gasteiger partial charge on any atom is 0.323 e. The van der Waals surface area contributed by atoms with Gasteiger partial charge in [0.2, 0.25) is 5.91 Å². The van der Waals surface area contributed by atoms with Gasteiger partial charge in [-0.15, -0.1) is 0 Å². The van der Waals surface area contributed by atoms with Gasteiger partial charge in [0.1, 0.15) is 17.7 Å². The van der Waals surface area contributed by atoms with Crippen LogP contribution in [0.3, 0.4) is 0 Å². The molecule has 3 atom stereocenters. The first kappa shape index (κ1) is 31.8. The number of hydrogen-bond donors (Lipinski definition) is 4. The highest BCUT2D eigenvalue weighted by Crippen LogP contribution is 2.42. The van der Waals surface area contributed by atoms with Gasteiger partial charge in [-0.2, -0.15) is 0 Å². The van der Waals surface area contributed by atoms with Crippen LogP contribution in [0.2, 0.25) is 5.02 Å². The summed E-state index contributed by atoms with van der Waals surface area (Å²) in [4.78, 5) is 36.3. The number of ether oxygens (including phenoxy) is 1. The van der Waals surface area contributed by atoms with Crippen molar-refractivity contribution < 1.29 is 27.1 Å². The Labute approximate surface area is 261 Å². The lowest BCUT2D eigenvalue weighted by atomic mass is 9.79. The van der Waals surface area contributed by atoms with Crippen LogP contribution in [-0.4, -0.2) is 66.9 Å². The first-order chi connectivity index (χ1) is 21.2. The molecule has 1 aromatic carbocycles. The molecule has 0 bridgehead atoms. The van der Waals surface area contributed by atoms with Crippen molar-refractivity contribution in [3.05, 3.63) is 83.0 Å². The van der Waals surface area contributed by atoms with Crippen LogP contribution in [0, 0.1) is 11.7 Å². The third-order valence-electron chi connectivity index (χ3n) is 8.15. The average Bonchev–Trinajstić information content (AvgIpc) is 3.75. The Balaban J connectivity index is 1.43. The van der Waals surface area contributed by atoms with Gasteiger partial charge in [-0.25, -0.2) is 22.6 Å². The molecule has 11 nitrogen and oxygen atoms in total. The van der Waals surface area contributed by atoms with Crippen molar-refractivity contribution in [2.75, 3.05) is 30.2 Å². The number of anilines is 2. The van der Waals surface area contributed by atoms with E-state index in [0.29, 0.717) is 22.9 Å². The molecule has 3 aromatic rings. The average molecular weight is 645 g/mol. The Hall–Kier alpha value is -3.65. The number of halogens is 2. The van der Waals surface area contributed by atoms with E-state index >= 15 is 4.39 Å². The van der Waals surface area contributed by atoms with E-state index in [9.17, 15) is 18.0 Å². The van der Waals surface area contributed by atoms with Gasteiger partial charge in [-0.3, -0.25) is 20.4 Å². The number of aromatic nitrogens is 2. The summed E-state index contributed by atoms with van der Waals surface area (Å²) in [5, 5.41) is 8.95. The summed E-state index contributed by atoms with van der Waals surface area (Å²) in [6.45, 7) is 0.139. The highest BCUT2D eigenvalue weighted by molar-refractivity contribution is 7.72. The quantitative estimate of drug-likeness (QED) is 0.216. The zero-order chi connectivity index (χ0) is 31.3. The lowest BCUT2D eigenvalue weighted by molar-refractivity contribution is -0.119. The molecule has 234 valence electrons. The molecular formula is C30H34ClFN6O5S. The van der Waals surface area contributed by atoms with Gasteiger partial charge >= 0.3 is 6.03 Å². The lowest BCUT2D eigenvalue weighted by Crippen LogP contribution is -2.46. The molecule has 2 aliphatic rings. The number of carbonyl (C=O) groups is 2.